The Morgan fingerprint density at radius 1 is 0.829 bits per heavy atom. The van der Waals surface area contributed by atoms with E-state index in [1.807, 2.05) is 12.1 Å². The van der Waals surface area contributed by atoms with Crippen LogP contribution >= 0.6 is 0 Å². The summed E-state index contributed by atoms with van der Waals surface area (Å²) in [6, 6.07) is 11.6. The standard InChI is InChI=1S/C29H40F3N2O/c1-2-3-4-5-6-7-8-9-10-11-22-34-28(35)25-15-12-23(13-16-25)14-21-27(33)24-17-19-26(20-18-24)29(30,31)32/h12-13,15-20,27,33H,2-11,14,21-22H2,1H3,(H,34,35). The molecule has 0 fully saturated rings. The summed E-state index contributed by atoms with van der Waals surface area (Å²) in [4.78, 5) is 12.3. The first-order chi connectivity index (χ1) is 16.8. The van der Waals surface area contributed by atoms with Crippen molar-refractivity contribution < 1.29 is 18.0 Å². The third-order valence-electron chi connectivity index (χ3n) is 6.39. The molecule has 2 aromatic rings. The molecule has 1 radical (unpaired) electrons. The van der Waals surface area contributed by atoms with Gasteiger partial charge in [0.25, 0.3) is 5.91 Å². The number of unbranched alkanes of at least 4 members (excludes halogenated alkanes) is 9. The van der Waals surface area contributed by atoms with Gasteiger partial charge in [-0.15, -0.1) is 0 Å². The summed E-state index contributed by atoms with van der Waals surface area (Å²) >= 11 is 0. The van der Waals surface area contributed by atoms with Gasteiger partial charge in [-0.05, 0) is 54.7 Å². The zero-order chi connectivity index (χ0) is 25.5. The highest BCUT2D eigenvalue weighted by molar-refractivity contribution is 5.94. The van der Waals surface area contributed by atoms with Crippen molar-refractivity contribution in [2.24, 2.45) is 0 Å². The van der Waals surface area contributed by atoms with Crippen LogP contribution in [0.4, 0.5) is 13.2 Å². The van der Waals surface area contributed by atoms with Gasteiger partial charge >= 0.3 is 6.18 Å². The topological polar surface area (TPSA) is 52.9 Å². The molecule has 0 spiro atoms. The van der Waals surface area contributed by atoms with Gasteiger partial charge in [-0.25, -0.2) is 5.73 Å². The van der Waals surface area contributed by atoms with E-state index in [1.165, 1.54) is 63.5 Å². The molecule has 0 saturated heterocycles. The molecule has 2 rings (SSSR count). The molecule has 2 N–H and O–H groups in total. The smallest absolute Gasteiger partial charge is 0.352 e. The molecule has 0 saturated carbocycles. The SMILES string of the molecule is CCCCCCCCCCCCNC(=O)c1ccc(CCC([NH])c2ccc(C(F)(F)F)cc2)cc1. The van der Waals surface area contributed by atoms with E-state index in [2.05, 4.69) is 12.2 Å². The highest BCUT2D eigenvalue weighted by atomic mass is 19.4. The lowest BCUT2D eigenvalue weighted by Gasteiger charge is -2.13. The van der Waals surface area contributed by atoms with Crippen molar-refractivity contribution in [1.82, 2.24) is 11.1 Å². The zero-order valence-electron chi connectivity index (χ0n) is 20.9. The number of amides is 1. The zero-order valence-corrected chi connectivity index (χ0v) is 20.9. The minimum Gasteiger partial charge on any atom is -0.352 e. The van der Waals surface area contributed by atoms with Crippen LogP contribution in [-0.2, 0) is 12.6 Å². The fourth-order valence-electron chi connectivity index (χ4n) is 4.12. The largest absolute Gasteiger partial charge is 0.416 e. The third-order valence-corrected chi connectivity index (χ3v) is 6.39. The monoisotopic (exact) mass is 489 g/mol. The van der Waals surface area contributed by atoms with Gasteiger partial charge < -0.3 is 5.32 Å². The van der Waals surface area contributed by atoms with Crippen LogP contribution in [0.3, 0.4) is 0 Å². The number of hydrogen-bond acceptors (Lipinski definition) is 1. The van der Waals surface area contributed by atoms with E-state index in [1.54, 1.807) is 12.1 Å². The summed E-state index contributed by atoms with van der Waals surface area (Å²) in [5, 5.41) is 2.98. The van der Waals surface area contributed by atoms with Crippen LogP contribution in [0, 0.1) is 0 Å². The van der Waals surface area contributed by atoms with E-state index in [4.69, 9.17) is 5.73 Å². The molecule has 6 heteroatoms. The number of halogens is 3. The number of rotatable bonds is 16. The Morgan fingerprint density at radius 2 is 1.37 bits per heavy atom. The van der Waals surface area contributed by atoms with Crippen molar-refractivity contribution in [2.75, 3.05) is 6.54 Å². The van der Waals surface area contributed by atoms with E-state index in [0.29, 0.717) is 30.5 Å². The van der Waals surface area contributed by atoms with E-state index in [-0.39, 0.29) is 5.91 Å². The van der Waals surface area contributed by atoms with Crippen LogP contribution in [0.15, 0.2) is 48.5 Å². The molecule has 0 aliphatic heterocycles. The maximum Gasteiger partial charge on any atom is 0.416 e. The number of carbonyl (C=O) groups is 1. The minimum absolute atomic E-state index is 0.0735. The van der Waals surface area contributed by atoms with Crippen LogP contribution in [0.5, 0.6) is 0 Å². The van der Waals surface area contributed by atoms with Crippen molar-refractivity contribution in [3.63, 3.8) is 0 Å². The first-order valence-electron chi connectivity index (χ1n) is 13.1. The van der Waals surface area contributed by atoms with Gasteiger partial charge in [-0.1, -0.05) is 89.0 Å². The molecule has 0 bridgehead atoms. The fraction of sp³-hybridized carbons (Fsp3) is 0.552. The van der Waals surface area contributed by atoms with E-state index in [9.17, 15) is 18.0 Å². The molecule has 0 aliphatic carbocycles. The van der Waals surface area contributed by atoms with Gasteiger partial charge in [0.1, 0.15) is 0 Å². The Hall–Kier alpha value is -2.34. The van der Waals surface area contributed by atoms with E-state index >= 15 is 0 Å². The van der Waals surface area contributed by atoms with Crippen molar-refractivity contribution >= 4 is 5.91 Å². The number of aryl methyl sites for hydroxylation is 1. The quantitative estimate of drug-likeness (QED) is 0.237. The summed E-state index contributed by atoms with van der Waals surface area (Å²) in [6.07, 6.45) is 9.39. The second-order valence-electron chi connectivity index (χ2n) is 9.35. The maximum absolute atomic E-state index is 12.7. The minimum atomic E-state index is -4.36. The Kier molecular flexibility index (Phi) is 12.9. The summed E-state index contributed by atoms with van der Waals surface area (Å²) in [5.41, 5.74) is 9.72. The van der Waals surface area contributed by atoms with Crippen molar-refractivity contribution in [3.05, 3.63) is 70.8 Å². The van der Waals surface area contributed by atoms with Crippen molar-refractivity contribution in [1.29, 1.82) is 0 Å². The Morgan fingerprint density at radius 3 is 1.91 bits per heavy atom. The Balaban J connectivity index is 1.62. The first kappa shape index (κ1) is 28.9. The van der Waals surface area contributed by atoms with Crippen molar-refractivity contribution in [2.45, 2.75) is 96.2 Å². The summed E-state index contributed by atoms with van der Waals surface area (Å²) < 4.78 is 38.1. The maximum atomic E-state index is 12.7. The van der Waals surface area contributed by atoms with E-state index < -0.39 is 17.8 Å². The molecule has 1 amide bonds. The molecular weight excluding hydrogens is 449 g/mol. The molecular formula is C29H40F3N2O. The number of carbonyl (C=O) groups excluding carboxylic acids is 1. The second-order valence-corrected chi connectivity index (χ2v) is 9.35. The summed E-state index contributed by atoms with van der Waals surface area (Å²) in [5.74, 6) is -0.0735. The van der Waals surface area contributed by atoms with Crippen LogP contribution in [0.25, 0.3) is 0 Å². The number of benzene rings is 2. The lowest BCUT2D eigenvalue weighted by molar-refractivity contribution is -0.137. The highest BCUT2D eigenvalue weighted by Crippen LogP contribution is 2.30. The predicted molar refractivity (Wildman–Crippen MR) is 136 cm³/mol. The fourth-order valence-corrected chi connectivity index (χ4v) is 4.12. The summed E-state index contributed by atoms with van der Waals surface area (Å²) in [7, 11) is 0. The molecule has 193 valence electrons. The van der Waals surface area contributed by atoms with Gasteiger partial charge in [-0.3, -0.25) is 4.79 Å². The van der Waals surface area contributed by atoms with Crippen molar-refractivity contribution in [3.8, 4) is 0 Å². The number of alkyl halides is 3. The predicted octanol–water partition coefficient (Wildman–Crippen LogP) is 8.31. The van der Waals surface area contributed by atoms with E-state index in [0.717, 1.165) is 30.5 Å². The molecule has 3 nitrogen and oxygen atoms in total. The van der Waals surface area contributed by atoms with Crippen LogP contribution in [0.1, 0.15) is 111 Å². The first-order valence-corrected chi connectivity index (χ1v) is 13.1. The van der Waals surface area contributed by atoms with Crippen LogP contribution in [-0.4, -0.2) is 12.5 Å². The number of hydrogen-bond donors (Lipinski definition) is 1. The molecule has 1 unspecified atom stereocenters. The van der Waals surface area contributed by atoms with Crippen LogP contribution in [0.2, 0.25) is 0 Å². The Labute approximate surface area is 208 Å². The Bertz CT molecular complexity index is 848. The van der Waals surface area contributed by atoms with Gasteiger partial charge in [0.15, 0.2) is 0 Å². The second kappa shape index (κ2) is 15.6. The average Bonchev–Trinajstić information content (AvgIpc) is 2.85. The lowest BCUT2D eigenvalue weighted by atomic mass is 9.98. The van der Waals surface area contributed by atoms with Gasteiger partial charge in [0, 0.05) is 18.2 Å². The number of nitrogens with one attached hydrogen (secondary N) is 2. The van der Waals surface area contributed by atoms with Gasteiger partial charge in [0.05, 0.1) is 5.56 Å². The molecule has 0 aliphatic rings. The van der Waals surface area contributed by atoms with Crippen LogP contribution < -0.4 is 11.1 Å². The van der Waals surface area contributed by atoms with Gasteiger partial charge in [-0.2, -0.15) is 13.2 Å². The molecule has 0 heterocycles. The molecule has 2 aromatic carbocycles. The molecule has 35 heavy (non-hydrogen) atoms. The lowest BCUT2D eigenvalue weighted by Crippen LogP contribution is -2.24. The normalized spacial score (nSPS) is 12.5. The molecule has 1 atom stereocenters. The third kappa shape index (κ3) is 11.3. The highest BCUT2D eigenvalue weighted by Gasteiger charge is 2.30. The van der Waals surface area contributed by atoms with Gasteiger partial charge in [0.2, 0.25) is 0 Å². The summed E-state index contributed by atoms with van der Waals surface area (Å²) in [6.45, 7) is 2.92. The average molecular weight is 490 g/mol. The molecule has 0 aromatic heterocycles.